The smallest absolute Gasteiger partial charge is 0.332 e. The molecular formula is C29H35N7O5S. The number of aromatic nitrogens is 5. The molecule has 0 fully saturated rings. The summed E-state index contributed by atoms with van der Waals surface area (Å²) < 4.78 is 14.2. The number of nitriles is 1. The number of amides is 1. The number of hydrogen-bond donors (Lipinski definition) is 0. The fourth-order valence-electron chi connectivity index (χ4n) is 4.85. The van der Waals surface area contributed by atoms with E-state index in [2.05, 4.69) is 16.3 Å². The Labute approximate surface area is 247 Å². The second-order valence-electron chi connectivity index (χ2n) is 9.99. The van der Waals surface area contributed by atoms with Crippen molar-refractivity contribution in [2.45, 2.75) is 65.3 Å². The number of nitrogens with zero attached hydrogens (tertiary/aromatic N) is 7. The minimum atomic E-state index is -1.06. The van der Waals surface area contributed by atoms with Gasteiger partial charge in [-0.1, -0.05) is 36.5 Å². The van der Waals surface area contributed by atoms with Crippen molar-refractivity contribution in [3.05, 3.63) is 68.6 Å². The number of thiophene rings is 1. The van der Waals surface area contributed by atoms with Crippen molar-refractivity contribution in [1.82, 2.24) is 29.0 Å². The number of hydrogen-bond acceptors (Lipinski definition) is 9. The molecule has 0 aliphatic carbocycles. The van der Waals surface area contributed by atoms with Gasteiger partial charge in [0.2, 0.25) is 5.91 Å². The molecule has 1 amide bonds. The monoisotopic (exact) mass is 593 g/mol. The third-order valence-corrected chi connectivity index (χ3v) is 8.81. The van der Waals surface area contributed by atoms with Crippen LogP contribution in [0.25, 0.3) is 15.2 Å². The van der Waals surface area contributed by atoms with E-state index in [9.17, 15) is 14.4 Å². The number of likely N-dealkylation sites (N-methyl/N-ethyl adjacent to an activating group) is 1. The normalized spacial score (nSPS) is 13.5. The Hall–Kier alpha value is -4.28. The highest BCUT2D eigenvalue weighted by molar-refractivity contribution is 7.21. The van der Waals surface area contributed by atoms with Crippen LogP contribution >= 0.6 is 11.3 Å². The average Bonchev–Trinajstić information content (AvgIpc) is 3.65. The van der Waals surface area contributed by atoms with Gasteiger partial charge in [-0.15, -0.1) is 4.80 Å². The number of benzene rings is 1. The minimum absolute atomic E-state index is 0.00451. The van der Waals surface area contributed by atoms with Crippen LogP contribution in [0.1, 0.15) is 56.9 Å². The SMILES string of the molecule is CCC(C)N(C)C(=O)[C@H](C)n1c(=O)c2c(C)c(-n3nccn3)sc2n(C[C@H](OCCC#N)c2ccccc2OC)c1=O. The van der Waals surface area contributed by atoms with E-state index in [0.717, 1.165) is 11.0 Å². The van der Waals surface area contributed by atoms with Crippen molar-refractivity contribution >= 4 is 27.5 Å². The van der Waals surface area contributed by atoms with Crippen molar-refractivity contribution < 1.29 is 14.3 Å². The zero-order valence-electron chi connectivity index (χ0n) is 24.6. The lowest BCUT2D eigenvalue weighted by Gasteiger charge is -2.28. The summed E-state index contributed by atoms with van der Waals surface area (Å²) in [7, 11) is 3.22. The molecule has 0 aliphatic heterocycles. The van der Waals surface area contributed by atoms with Crippen LogP contribution in [0.2, 0.25) is 0 Å². The molecule has 4 aromatic rings. The Kier molecular flexibility index (Phi) is 9.59. The third kappa shape index (κ3) is 5.73. The molecule has 3 aromatic heterocycles. The zero-order chi connectivity index (χ0) is 30.6. The van der Waals surface area contributed by atoms with Crippen LogP contribution in [0.5, 0.6) is 5.75 Å². The number of rotatable bonds is 12. The summed E-state index contributed by atoms with van der Waals surface area (Å²) >= 11 is 1.21. The number of aryl methyl sites for hydroxylation is 1. The molecule has 0 spiro atoms. The standard InChI is InChI=1S/C29H35N7O5S/c1-7-18(2)33(5)25(37)20(4)35-26(38)24-19(3)27(36-31-14-15-32-36)42-28(24)34(29(35)39)17-23(41-16-10-13-30)21-11-8-9-12-22(21)40-6/h8-9,11-12,14-15,18,20,23H,7,10,16-17H2,1-6H3/t18?,20-,23-/m0/s1. The van der Waals surface area contributed by atoms with E-state index in [0.29, 0.717) is 32.1 Å². The number of carbonyl (C=O) groups excluding carboxylic acids is 1. The van der Waals surface area contributed by atoms with Gasteiger partial charge >= 0.3 is 5.69 Å². The van der Waals surface area contributed by atoms with Crippen LogP contribution in [-0.4, -0.2) is 61.7 Å². The van der Waals surface area contributed by atoms with Gasteiger partial charge in [0.15, 0.2) is 0 Å². The molecule has 0 bridgehead atoms. The Morgan fingerprint density at radius 3 is 2.52 bits per heavy atom. The molecule has 3 heterocycles. The van der Waals surface area contributed by atoms with Gasteiger partial charge in [-0.05, 0) is 33.3 Å². The summed E-state index contributed by atoms with van der Waals surface area (Å²) in [5, 5.41) is 18.5. The van der Waals surface area contributed by atoms with Gasteiger partial charge in [-0.3, -0.25) is 14.2 Å². The molecule has 4 rings (SSSR count). The van der Waals surface area contributed by atoms with E-state index in [1.54, 1.807) is 39.0 Å². The lowest BCUT2D eigenvalue weighted by molar-refractivity contribution is -0.135. The number of carbonyl (C=O) groups is 1. The van der Waals surface area contributed by atoms with E-state index in [-0.39, 0.29) is 31.5 Å². The average molecular weight is 594 g/mol. The summed E-state index contributed by atoms with van der Waals surface area (Å²) in [5.41, 5.74) is 0.0680. The highest BCUT2D eigenvalue weighted by Gasteiger charge is 2.30. The maximum absolute atomic E-state index is 14.3. The summed E-state index contributed by atoms with van der Waals surface area (Å²) in [6, 6.07) is 8.22. The number of ether oxygens (including phenoxy) is 2. The molecule has 222 valence electrons. The lowest BCUT2D eigenvalue weighted by Crippen LogP contribution is -2.48. The van der Waals surface area contributed by atoms with Crippen molar-refractivity contribution in [1.29, 1.82) is 5.26 Å². The van der Waals surface area contributed by atoms with Gasteiger partial charge < -0.3 is 14.4 Å². The molecule has 0 saturated heterocycles. The van der Waals surface area contributed by atoms with Crippen LogP contribution < -0.4 is 16.0 Å². The fourth-order valence-corrected chi connectivity index (χ4v) is 6.07. The molecule has 12 nitrogen and oxygen atoms in total. The number of para-hydroxylation sites is 1. The minimum Gasteiger partial charge on any atom is -0.496 e. The first-order chi connectivity index (χ1) is 20.2. The van der Waals surface area contributed by atoms with E-state index in [1.807, 2.05) is 32.0 Å². The van der Waals surface area contributed by atoms with Crippen LogP contribution in [0.4, 0.5) is 0 Å². The Balaban J connectivity index is 1.97. The Bertz CT molecular complexity index is 1720. The molecule has 0 aliphatic rings. The van der Waals surface area contributed by atoms with Gasteiger partial charge in [0.05, 0.1) is 50.5 Å². The van der Waals surface area contributed by atoms with Gasteiger partial charge in [0, 0.05) is 24.2 Å². The zero-order valence-corrected chi connectivity index (χ0v) is 25.4. The van der Waals surface area contributed by atoms with Crippen molar-refractivity contribution in [2.75, 3.05) is 20.8 Å². The quantitative estimate of drug-likeness (QED) is 0.227. The van der Waals surface area contributed by atoms with Crippen molar-refractivity contribution in [2.24, 2.45) is 0 Å². The summed E-state index contributed by atoms with van der Waals surface area (Å²) in [6.45, 7) is 7.34. The predicted octanol–water partition coefficient (Wildman–Crippen LogP) is 3.61. The van der Waals surface area contributed by atoms with E-state index < -0.39 is 23.4 Å². The highest BCUT2D eigenvalue weighted by Crippen LogP contribution is 2.33. The van der Waals surface area contributed by atoms with Crippen LogP contribution in [0.15, 0.2) is 46.2 Å². The van der Waals surface area contributed by atoms with Crippen LogP contribution in [-0.2, 0) is 16.1 Å². The molecular weight excluding hydrogens is 558 g/mol. The predicted molar refractivity (Wildman–Crippen MR) is 159 cm³/mol. The van der Waals surface area contributed by atoms with E-state index >= 15 is 0 Å². The highest BCUT2D eigenvalue weighted by atomic mass is 32.1. The molecule has 13 heteroatoms. The topological polar surface area (TPSA) is 137 Å². The largest absolute Gasteiger partial charge is 0.496 e. The van der Waals surface area contributed by atoms with E-state index in [4.69, 9.17) is 14.7 Å². The first-order valence-corrected chi connectivity index (χ1v) is 14.5. The first-order valence-electron chi connectivity index (χ1n) is 13.7. The number of methoxy groups -OCH3 is 1. The molecule has 0 N–H and O–H groups in total. The van der Waals surface area contributed by atoms with Gasteiger partial charge in [-0.2, -0.15) is 15.5 Å². The summed E-state index contributed by atoms with van der Waals surface area (Å²) in [5.74, 6) is 0.211. The Morgan fingerprint density at radius 2 is 1.88 bits per heavy atom. The van der Waals surface area contributed by atoms with Gasteiger partial charge in [0.25, 0.3) is 5.56 Å². The maximum atomic E-state index is 14.3. The second-order valence-corrected chi connectivity index (χ2v) is 11.0. The van der Waals surface area contributed by atoms with Crippen molar-refractivity contribution in [3.8, 4) is 16.8 Å². The first kappa shape index (κ1) is 30.7. The van der Waals surface area contributed by atoms with Crippen molar-refractivity contribution in [3.63, 3.8) is 0 Å². The molecule has 1 unspecified atom stereocenters. The lowest BCUT2D eigenvalue weighted by atomic mass is 10.1. The maximum Gasteiger partial charge on any atom is 0.332 e. The Morgan fingerprint density at radius 1 is 1.19 bits per heavy atom. The van der Waals surface area contributed by atoms with Crippen LogP contribution in [0.3, 0.4) is 0 Å². The summed E-state index contributed by atoms with van der Waals surface area (Å²) in [6.07, 6.45) is 3.22. The summed E-state index contributed by atoms with van der Waals surface area (Å²) in [4.78, 5) is 45.2. The van der Waals surface area contributed by atoms with Crippen LogP contribution in [0, 0.1) is 18.3 Å². The van der Waals surface area contributed by atoms with E-state index in [1.165, 1.54) is 33.1 Å². The molecule has 1 aromatic carbocycles. The van der Waals surface area contributed by atoms with Gasteiger partial charge in [-0.25, -0.2) is 9.36 Å². The third-order valence-electron chi connectivity index (χ3n) is 7.53. The van der Waals surface area contributed by atoms with Gasteiger partial charge in [0.1, 0.15) is 27.7 Å². The molecule has 0 radical (unpaired) electrons. The number of fused-ring (bicyclic) bond motifs is 1. The second kappa shape index (κ2) is 13.1. The molecule has 0 saturated carbocycles. The molecule has 3 atom stereocenters. The molecule has 42 heavy (non-hydrogen) atoms. The fraction of sp³-hybridized carbons (Fsp3) is 0.448.